The molecule has 0 saturated heterocycles. The van der Waals surface area contributed by atoms with E-state index >= 15 is 0 Å². The van der Waals surface area contributed by atoms with Crippen LogP contribution in [0, 0.1) is 0 Å². The van der Waals surface area contributed by atoms with Crippen LogP contribution in [0.25, 0.3) is 0 Å². The number of halogens is 1. The predicted octanol–water partition coefficient (Wildman–Crippen LogP) is 0.555. The van der Waals surface area contributed by atoms with Gasteiger partial charge in [-0.25, -0.2) is 0 Å². The minimum Gasteiger partial charge on any atom is -0.322 e. The standard InChI is InChI=1S/C9H9ClN2O2/c10-7-4-2-1-3-6(7)9(14)12-8(13)5-11/h1-4H,5,11H2,(H,12,13,14). The van der Waals surface area contributed by atoms with Crippen LogP contribution in [-0.4, -0.2) is 18.4 Å². The van der Waals surface area contributed by atoms with Crippen LogP contribution in [0.4, 0.5) is 0 Å². The number of rotatable bonds is 2. The third-order valence-electron chi connectivity index (χ3n) is 1.56. The van der Waals surface area contributed by atoms with Crippen molar-refractivity contribution in [3.05, 3.63) is 34.9 Å². The van der Waals surface area contributed by atoms with Crippen molar-refractivity contribution in [1.29, 1.82) is 0 Å². The second kappa shape index (κ2) is 4.74. The molecule has 74 valence electrons. The zero-order chi connectivity index (χ0) is 10.6. The van der Waals surface area contributed by atoms with Crippen molar-refractivity contribution in [1.82, 2.24) is 5.32 Å². The molecule has 14 heavy (non-hydrogen) atoms. The van der Waals surface area contributed by atoms with E-state index in [1.165, 1.54) is 6.07 Å². The van der Waals surface area contributed by atoms with E-state index in [0.717, 1.165) is 0 Å². The quantitative estimate of drug-likeness (QED) is 0.752. The Balaban J connectivity index is 2.80. The molecule has 0 aliphatic heterocycles. The SMILES string of the molecule is NCC(=O)NC(=O)c1ccccc1Cl. The Hall–Kier alpha value is -1.39. The molecule has 0 unspecified atom stereocenters. The number of imide groups is 1. The topological polar surface area (TPSA) is 72.2 Å². The molecule has 0 heterocycles. The van der Waals surface area contributed by atoms with Crippen molar-refractivity contribution in [2.75, 3.05) is 6.54 Å². The van der Waals surface area contributed by atoms with Crippen molar-refractivity contribution >= 4 is 23.4 Å². The van der Waals surface area contributed by atoms with Crippen molar-refractivity contribution in [3.8, 4) is 0 Å². The highest BCUT2D eigenvalue weighted by Gasteiger charge is 2.11. The van der Waals surface area contributed by atoms with Crippen LogP contribution in [0.1, 0.15) is 10.4 Å². The number of carbonyl (C=O) groups excluding carboxylic acids is 2. The number of hydrogen-bond acceptors (Lipinski definition) is 3. The summed E-state index contributed by atoms with van der Waals surface area (Å²) in [5.41, 5.74) is 5.30. The van der Waals surface area contributed by atoms with Crippen LogP contribution in [0.3, 0.4) is 0 Å². The highest BCUT2D eigenvalue weighted by molar-refractivity contribution is 6.34. The van der Waals surface area contributed by atoms with Gasteiger partial charge in [-0.3, -0.25) is 14.9 Å². The molecule has 0 radical (unpaired) electrons. The lowest BCUT2D eigenvalue weighted by molar-refractivity contribution is -0.118. The van der Waals surface area contributed by atoms with Gasteiger partial charge < -0.3 is 5.73 Å². The van der Waals surface area contributed by atoms with E-state index in [2.05, 4.69) is 5.32 Å². The highest BCUT2D eigenvalue weighted by atomic mass is 35.5. The normalized spacial score (nSPS) is 9.57. The summed E-state index contributed by atoms with van der Waals surface area (Å²) in [5, 5.41) is 2.40. The summed E-state index contributed by atoms with van der Waals surface area (Å²) in [6.07, 6.45) is 0. The van der Waals surface area contributed by atoms with Gasteiger partial charge in [0.2, 0.25) is 5.91 Å². The van der Waals surface area contributed by atoms with Crippen molar-refractivity contribution in [2.45, 2.75) is 0 Å². The van der Waals surface area contributed by atoms with E-state index in [9.17, 15) is 9.59 Å². The maximum absolute atomic E-state index is 11.4. The van der Waals surface area contributed by atoms with Gasteiger partial charge in [-0.2, -0.15) is 0 Å². The lowest BCUT2D eigenvalue weighted by Crippen LogP contribution is -2.35. The largest absolute Gasteiger partial charge is 0.322 e. The third-order valence-corrected chi connectivity index (χ3v) is 1.89. The Bertz CT molecular complexity index is 366. The number of benzene rings is 1. The Morgan fingerprint density at radius 3 is 2.57 bits per heavy atom. The smallest absolute Gasteiger partial charge is 0.259 e. The molecule has 3 N–H and O–H groups in total. The van der Waals surface area contributed by atoms with Gasteiger partial charge in [-0.1, -0.05) is 23.7 Å². The molecule has 2 amide bonds. The van der Waals surface area contributed by atoms with E-state index in [-0.39, 0.29) is 12.1 Å². The molecule has 0 saturated carbocycles. The molecule has 1 aromatic rings. The van der Waals surface area contributed by atoms with Gasteiger partial charge in [-0.15, -0.1) is 0 Å². The number of carbonyl (C=O) groups is 2. The van der Waals surface area contributed by atoms with Crippen LogP contribution in [0.15, 0.2) is 24.3 Å². The summed E-state index contributed by atoms with van der Waals surface area (Å²) in [5.74, 6) is -1.07. The van der Waals surface area contributed by atoms with Gasteiger partial charge in [-0.05, 0) is 12.1 Å². The molecule has 0 spiro atoms. The van der Waals surface area contributed by atoms with Crippen molar-refractivity contribution in [2.24, 2.45) is 5.73 Å². The molecule has 0 fully saturated rings. The number of hydrogen-bond donors (Lipinski definition) is 2. The molecule has 1 rings (SSSR count). The fourth-order valence-electron chi connectivity index (χ4n) is 0.890. The summed E-state index contributed by atoms with van der Waals surface area (Å²) < 4.78 is 0. The maximum atomic E-state index is 11.4. The average Bonchev–Trinajstić information content (AvgIpc) is 2.18. The monoisotopic (exact) mass is 212 g/mol. The van der Waals surface area contributed by atoms with E-state index < -0.39 is 11.8 Å². The van der Waals surface area contributed by atoms with Gasteiger partial charge in [0.1, 0.15) is 0 Å². The van der Waals surface area contributed by atoms with Crippen LogP contribution >= 0.6 is 11.6 Å². The molecule has 0 aliphatic carbocycles. The number of amides is 2. The minimum absolute atomic E-state index is 0.226. The van der Waals surface area contributed by atoms with Gasteiger partial charge in [0.05, 0.1) is 17.1 Å². The van der Waals surface area contributed by atoms with E-state index in [1.54, 1.807) is 18.2 Å². The first-order chi connectivity index (χ1) is 6.65. The van der Waals surface area contributed by atoms with E-state index in [1.807, 2.05) is 0 Å². The molecule has 0 atom stereocenters. The second-order valence-corrected chi connectivity index (χ2v) is 2.97. The van der Waals surface area contributed by atoms with Gasteiger partial charge >= 0.3 is 0 Å². The lowest BCUT2D eigenvalue weighted by Gasteiger charge is -2.03. The third kappa shape index (κ3) is 2.55. The zero-order valence-corrected chi connectivity index (χ0v) is 8.04. The highest BCUT2D eigenvalue weighted by Crippen LogP contribution is 2.14. The zero-order valence-electron chi connectivity index (χ0n) is 7.29. The first kappa shape index (κ1) is 10.7. The van der Waals surface area contributed by atoms with Crippen LogP contribution in [0.2, 0.25) is 5.02 Å². The van der Waals surface area contributed by atoms with E-state index in [0.29, 0.717) is 5.02 Å². The van der Waals surface area contributed by atoms with E-state index in [4.69, 9.17) is 17.3 Å². The molecule has 0 aliphatic rings. The maximum Gasteiger partial charge on any atom is 0.259 e. The van der Waals surface area contributed by atoms with Crippen molar-refractivity contribution in [3.63, 3.8) is 0 Å². The molecule has 4 nitrogen and oxygen atoms in total. The number of nitrogens with two attached hydrogens (primary N) is 1. The molecule has 0 bridgehead atoms. The Kier molecular flexibility index (Phi) is 3.62. The molecular formula is C9H9ClN2O2. The Morgan fingerprint density at radius 1 is 1.36 bits per heavy atom. The van der Waals surface area contributed by atoms with Crippen LogP contribution in [0.5, 0.6) is 0 Å². The lowest BCUT2D eigenvalue weighted by atomic mass is 10.2. The molecular weight excluding hydrogens is 204 g/mol. The summed E-state index contributed by atoms with van der Waals surface area (Å²) in [6, 6.07) is 6.46. The minimum atomic E-state index is -0.536. The van der Waals surface area contributed by atoms with Crippen molar-refractivity contribution < 1.29 is 9.59 Å². The first-order valence-electron chi connectivity index (χ1n) is 3.94. The Labute approximate surface area is 86.0 Å². The first-order valence-corrected chi connectivity index (χ1v) is 4.31. The summed E-state index contributed by atoms with van der Waals surface area (Å²) in [4.78, 5) is 22.2. The Morgan fingerprint density at radius 2 is 2.00 bits per heavy atom. The van der Waals surface area contributed by atoms with Gasteiger partial charge in [0.25, 0.3) is 5.91 Å². The fourth-order valence-corrected chi connectivity index (χ4v) is 1.11. The fraction of sp³-hybridized carbons (Fsp3) is 0.111. The molecule has 5 heteroatoms. The summed E-state index contributed by atoms with van der Waals surface area (Å²) in [6.45, 7) is -0.226. The van der Waals surface area contributed by atoms with Crippen LogP contribution < -0.4 is 11.1 Å². The number of nitrogens with one attached hydrogen (secondary N) is 1. The summed E-state index contributed by atoms with van der Waals surface area (Å²) >= 11 is 5.74. The second-order valence-electron chi connectivity index (χ2n) is 2.56. The van der Waals surface area contributed by atoms with Gasteiger partial charge in [0.15, 0.2) is 0 Å². The molecule has 0 aromatic heterocycles. The average molecular weight is 213 g/mol. The summed E-state index contributed by atoms with van der Waals surface area (Å²) in [7, 11) is 0. The predicted molar refractivity (Wildman–Crippen MR) is 53.0 cm³/mol. The van der Waals surface area contributed by atoms with Gasteiger partial charge in [0, 0.05) is 0 Å². The molecule has 1 aromatic carbocycles. The van der Waals surface area contributed by atoms with Crippen LogP contribution in [-0.2, 0) is 4.79 Å².